The van der Waals surface area contributed by atoms with Crippen LogP contribution < -0.4 is 10.5 Å². The molecule has 0 bridgehead atoms. The molecule has 0 radical (unpaired) electrons. The number of aryl methyl sites for hydroxylation is 1. The Morgan fingerprint density at radius 1 is 1.35 bits per heavy atom. The third-order valence-electron chi connectivity index (χ3n) is 2.79. The molecule has 7 heteroatoms. The second-order valence-corrected chi connectivity index (χ2v) is 4.96. The van der Waals surface area contributed by atoms with Gasteiger partial charge in [0.1, 0.15) is 17.4 Å². The molecule has 0 saturated carbocycles. The standard InChI is InChI=1S/C13H10BrFN4O/c1-6-7(2)18-19-13(8(6)5-16)20-12-4-10(15)9(14)3-11(12)17/h3-4H,17H2,1-2H3. The number of hydrogen-bond acceptors (Lipinski definition) is 5. The number of nitrogen functional groups attached to an aromatic ring is 1. The predicted octanol–water partition coefficient (Wildman–Crippen LogP) is 3.24. The van der Waals surface area contributed by atoms with Crippen molar-refractivity contribution < 1.29 is 9.13 Å². The lowest BCUT2D eigenvalue weighted by molar-refractivity contribution is 0.449. The maximum Gasteiger partial charge on any atom is 0.257 e. The molecule has 0 aliphatic carbocycles. The molecule has 1 heterocycles. The molecule has 20 heavy (non-hydrogen) atoms. The molecule has 2 aromatic rings. The fourth-order valence-electron chi connectivity index (χ4n) is 1.53. The van der Waals surface area contributed by atoms with Crippen LogP contribution in [0.3, 0.4) is 0 Å². The molecule has 0 atom stereocenters. The van der Waals surface area contributed by atoms with Crippen LogP contribution in [0.2, 0.25) is 0 Å². The van der Waals surface area contributed by atoms with Crippen molar-refractivity contribution in [2.75, 3.05) is 5.73 Å². The van der Waals surface area contributed by atoms with E-state index < -0.39 is 5.82 Å². The lowest BCUT2D eigenvalue weighted by Gasteiger charge is -2.11. The summed E-state index contributed by atoms with van der Waals surface area (Å²) in [6, 6.07) is 4.50. The van der Waals surface area contributed by atoms with E-state index in [0.717, 1.165) is 6.07 Å². The van der Waals surface area contributed by atoms with E-state index in [9.17, 15) is 4.39 Å². The number of nitrogens with zero attached hydrogens (tertiary/aromatic N) is 3. The zero-order valence-electron chi connectivity index (χ0n) is 10.7. The first-order valence-corrected chi connectivity index (χ1v) is 6.39. The molecule has 5 nitrogen and oxygen atoms in total. The Balaban J connectivity index is 2.49. The van der Waals surface area contributed by atoms with E-state index in [1.54, 1.807) is 13.8 Å². The van der Waals surface area contributed by atoms with E-state index >= 15 is 0 Å². The first-order chi connectivity index (χ1) is 9.43. The minimum Gasteiger partial charge on any atom is -0.434 e. The highest BCUT2D eigenvalue weighted by Gasteiger charge is 2.15. The Hall–Kier alpha value is -2.20. The lowest BCUT2D eigenvalue weighted by Crippen LogP contribution is -2.02. The maximum absolute atomic E-state index is 13.5. The number of rotatable bonds is 2. The average Bonchev–Trinajstić information content (AvgIpc) is 2.40. The van der Waals surface area contributed by atoms with Crippen molar-refractivity contribution in [3.05, 3.63) is 39.2 Å². The SMILES string of the molecule is Cc1nnc(Oc2cc(F)c(Br)cc2N)c(C#N)c1C. The first kappa shape index (κ1) is 14.2. The third kappa shape index (κ3) is 2.56. The molecule has 0 spiro atoms. The quantitative estimate of drug-likeness (QED) is 0.851. The largest absolute Gasteiger partial charge is 0.434 e. The fraction of sp³-hybridized carbons (Fsp3) is 0.154. The van der Waals surface area contributed by atoms with Gasteiger partial charge in [0, 0.05) is 6.07 Å². The molecule has 0 amide bonds. The second-order valence-electron chi connectivity index (χ2n) is 4.11. The van der Waals surface area contributed by atoms with Gasteiger partial charge < -0.3 is 10.5 Å². The Labute approximate surface area is 123 Å². The van der Waals surface area contributed by atoms with Crippen molar-refractivity contribution >= 4 is 21.6 Å². The summed E-state index contributed by atoms with van der Waals surface area (Å²) in [6.45, 7) is 3.47. The predicted molar refractivity (Wildman–Crippen MR) is 74.8 cm³/mol. The van der Waals surface area contributed by atoms with Gasteiger partial charge in [0.2, 0.25) is 0 Å². The van der Waals surface area contributed by atoms with E-state index in [-0.39, 0.29) is 27.4 Å². The Morgan fingerprint density at radius 2 is 2.05 bits per heavy atom. The Morgan fingerprint density at radius 3 is 2.70 bits per heavy atom. The van der Waals surface area contributed by atoms with Crippen LogP contribution >= 0.6 is 15.9 Å². The summed E-state index contributed by atoms with van der Waals surface area (Å²) in [5.41, 5.74) is 7.51. The molecule has 2 N–H and O–H groups in total. The van der Waals surface area contributed by atoms with Gasteiger partial charge in [0.15, 0.2) is 5.75 Å². The van der Waals surface area contributed by atoms with Crippen LogP contribution in [0, 0.1) is 31.0 Å². The first-order valence-electron chi connectivity index (χ1n) is 5.60. The van der Waals surface area contributed by atoms with Gasteiger partial charge in [-0.15, -0.1) is 5.10 Å². The zero-order valence-corrected chi connectivity index (χ0v) is 12.3. The van der Waals surface area contributed by atoms with E-state index in [1.165, 1.54) is 6.07 Å². The maximum atomic E-state index is 13.5. The van der Waals surface area contributed by atoms with E-state index in [0.29, 0.717) is 11.3 Å². The van der Waals surface area contributed by atoms with Crippen molar-refractivity contribution in [3.63, 3.8) is 0 Å². The number of halogens is 2. The summed E-state index contributed by atoms with van der Waals surface area (Å²) < 4.78 is 19.2. The van der Waals surface area contributed by atoms with Gasteiger partial charge in [-0.05, 0) is 41.4 Å². The molecule has 0 saturated heterocycles. The van der Waals surface area contributed by atoms with Crippen molar-refractivity contribution in [2.24, 2.45) is 0 Å². The molecule has 2 rings (SSSR count). The molecular formula is C13H10BrFN4O. The van der Waals surface area contributed by atoms with Gasteiger partial charge in [0.25, 0.3) is 5.88 Å². The number of nitriles is 1. The molecule has 1 aromatic heterocycles. The number of hydrogen-bond donors (Lipinski definition) is 1. The van der Waals surface area contributed by atoms with Crippen LogP contribution in [0.1, 0.15) is 16.8 Å². The van der Waals surface area contributed by atoms with Crippen molar-refractivity contribution in [1.29, 1.82) is 5.26 Å². The molecule has 0 unspecified atom stereocenters. The van der Waals surface area contributed by atoms with Crippen molar-refractivity contribution in [3.8, 4) is 17.7 Å². The van der Waals surface area contributed by atoms with Crippen LogP contribution in [0.15, 0.2) is 16.6 Å². The topological polar surface area (TPSA) is 84.8 Å². The number of aromatic nitrogens is 2. The number of benzene rings is 1. The minimum absolute atomic E-state index is 0.00372. The lowest BCUT2D eigenvalue weighted by atomic mass is 10.1. The molecule has 1 aromatic carbocycles. The summed E-state index contributed by atoms with van der Waals surface area (Å²) >= 11 is 3.02. The zero-order chi connectivity index (χ0) is 14.9. The normalized spacial score (nSPS) is 10.2. The van der Waals surface area contributed by atoms with Crippen LogP contribution in [0.25, 0.3) is 0 Å². The highest BCUT2D eigenvalue weighted by Crippen LogP contribution is 2.33. The van der Waals surface area contributed by atoms with Crippen molar-refractivity contribution in [2.45, 2.75) is 13.8 Å². The molecule has 0 fully saturated rings. The molecule has 0 aliphatic heterocycles. The van der Waals surface area contributed by atoms with Crippen LogP contribution in [-0.2, 0) is 0 Å². The van der Waals surface area contributed by atoms with Crippen LogP contribution in [0.5, 0.6) is 11.6 Å². The van der Waals surface area contributed by atoms with Crippen molar-refractivity contribution in [1.82, 2.24) is 10.2 Å². The van der Waals surface area contributed by atoms with Gasteiger partial charge in [-0.3, -0.25) is 0 Å². The molecule has 102 valence electrons. The van der Waals surface area contributed by atoms with Crippen LogP contribution in [0.4, 0.5) is 10.1 Å². The van der Waals surface area contributed by atoms with Crippen LogP contribution in [-0.4, -0.2) is 10.2 Å². The highest BCUT2D eigenvalue weighted by atomic mass is 79.9. The van der Waals surface area contributed by atoms with E-state index in [4.69, 9.17) is 15.7 Å². The smallest absolute Gasteiger partial charge is 0.257 e. The number of ether oxygens (including phenoxy) is 1. The molecule has 0 aliphatic rings. The average molecular weight is 337 g/mol. The van der Waals surface area contributed by atoms with Gasteiger partial charge >= 0.3 is 0 Å². The van der Waals surface area contributed by atoms with E-state index in [2.05, 4.69) is 26.1 Å². The summed E-state index contributed by atoms with van der Waals surface area (Å²) in [5, 5.41) is 16.9. The fourth-order valence-corrected chi connectivity index (χ4v) is 1.89. The van der Waals surface area contributed by atoms with Gasteiger partial charge in [-0.25, -0.2) is 4.39 Å². The van der Waals surface area contributed by atoms with Gasteiger partial charge in [0.05, 0.1) is 15.9 Å². The number of anilines is 1. The van der Waals surface area contributed by atoms with Gasteiger partial charge in [-0.1, -0.05) is 0 Å². The highest BCUT2D eigenvalue weighted by molar-refractivity contribution is 9.10. The Bertz CT molecular complexity index is 727. The summed E-state index contributed by atoms with van der Waals surface area (Å²) in [6.07, 6.45) is 0. The monoisotopic (exact) mass is 336 g/mol. The minimum atomic E-state index is -0.524. The second kappa shape index (κ2) is 5.43. The summed E-state index contributed by atoms with van der Waals surface area (Å²) in [7, 11) is 0. The van der Waals surface area contributed by atoms with Gasteiger partial charge in [-0.2, -0.15) is 10.4 Å². The van der Waals surface area contributed by atoms with E-state index in [1.807, 2.05) is 6.07 Å². The summed E-state index contributed by atoms with van der Waals surface area (Å²) in [4.78, 5) is 0. The molecular weight excluding hydrogens is 327 g/mol. The third-order valence-corrected chi connectivity index (χ3v) is 3.40. The number of nitrogens with two attached hydrogens (primary N) is 1. The summed E-state index contributed by atoms with van der Waals surface area (Å²) in [5.74, 6) is -0.437. The Kier molecular flexibility index (Phi) is 3.86.